The van der Waals surface area contributed by atoms with Gasteiger partial charge in [0.05, 0.1) is 18.8 Å². The number of nitrogens with two attached hydrogens (primary N) is 4. The zero-order chi connectivity index (χ0) is 22.9. The molecule has 1 aliphatic carbocycles. The van der Waals surface area contributed by atoms with E-state index >= 15 is 0 Å². The number of hydrogen-bond acceptors (Lipinski definition) is 13. The van der Waals surface area contributed by atoms with Crippen molar-refractivity contribution in [3.05, 3.63) is 0 Å². The molecule has 2 saturated heterocycles. The van der Waals surface area contributed by atoms with Crippen LogP contribution in [0.5, 0.6) is 0 Å². The summed E-state index contributed by atoms with van der Waals surface area (Å²) in [6.45, 7) is -0.306. The van der Waals surface area contributed by atoms with Crippen molar-refractivity contribution in [3.8, 4) is 0 Å². The monoisotopic (exact) mass is 452 g/mol. The van der Waals surface area contributed by atoms with Crippen molar-refractivity contribution in [2.75, 3.05) is 13.2 Å². The van der Waals surface area contributed by atoms with Gasteiger partial charge in [-0.2, -0.15) is 0 Å². The molecular formula is C18H36N4O9. The van der Waals surface area contributed by atoms with E-state index in [9.17, 15) is 25.5 Å². The molecule has 13 nitrogen and oxygen atoms in total. The predicted molar refractivity (Wildman–Crippen MR) is 105 cm³/mol. The van der Waals surface area contributed by atoms with E-state index in [-0.39, 0.29) is 12.5 Å². The lowest BCUT2D eigenvalue weighted by Crippen LogP contribution is -2.67. The first-order chi connectivity index (χ1) is 14.7. The Bertz CT molecular complexity index is 576. The topological polar surface area (TPSA) is 242 Å². The Morgan fingerprint density at radius 2 is 1.35 bits per heavy atom. The van der Waals surface area contributed by atoms with E-state index in [1.807, 2.05) is 0 Å². The largest absolute Gasteiger partial charge is 0.394 e. The number of aliphatic hydroxyl groups excluding tert-OH is 5. The van der Waals surface area contributed by atoms with Crippen LogP contribution in [0.15, 0.2) is 0 Å². The van der Waals surface area contributed by atoms with Gasteiger partial charge in [0.15, 0.2) is 12.6 Å². The standard InChI is InChI=1S/C18H36N4O9/c19-4-6-1-2-7(20)17(28-6)30-15-8(21)3-9(22)16(14(15)27)31-18-13(26)12(25)11(24)10(5-23)29-18/h6-18,23-27H,1-5,19-22H2/t6-,7+,8-,9+,10+,11+,12-,13+,14-,15+,16-,17+,18-/m0/s1. The van der Waals surface area contributed by atoms with Gasteiger partial charge in [0, 0.05) is 18.6 Å². The van der Waals surface area contributed by atoms with Crippen LogP contribution in [-0.4, -0.2) is 118 Å². The highest BCUT2D eigenvalue weighted by molar-refractivity contribution is 5.00. The molecule has 13 heteroatoms. The lowest BCUT2D eigenvalue weighted by Gasteiger charge is -2.47. The van der Waals surface area contributed by atoms with Gasteiger partial charge in [0.1, 0.15) is 42.7 Å². The summed E-state index contributed by atoms with van der Waals surface area (Å²) in [4.78, 5) is 0. The van der Waals surface area contributed by atoms with Crippen LogP contribution in [-0.2, 0) is 18.9 Å². The van der Waals surface area contributed by atoms with Crippen molar-refractivity contribution in [2.45, 2.75) is 98.8 Å². The predicted octanol–water partition coefficient (Wildman–Crippen LogP) is -5.23. The lowest BCUT2D eigenvalue weighted by atomic mass is 9.84. The molecule has 3 aliphatic rings. The highest BCUT2D eigenvalue weighted by atomic mass is 16.7. The van der Waals surface area contributed by atoms with Gasteiger partial charge in [-0.15, -0.1) is 0 Å². The molecule has 0 amide bonds. The first-order valence-corrected chi connectivity index (χ1v) is 10.6. The Kier molecular flexibility index (Phi) is 8.59. The van der Waals surface area contributed by atoms with Crippen LogP contribution in [0, 0.1) is 0 Å². The molecule has 0 spiro atoms. The van der Waals surface area contributed by atoms with Gasteiger partial charge in [0.2, 0.25) is 0 Å². The Hall–Kier alpha value is -0.520. The minimum absolute atomic E-state index is 0.214. The fraction of sp³-hybridized carbons (Fsp3) is 1.00. The summed E-state index contributed by atoms with van der Waals surface area (Å²) in [5.74, 6) is 0. The maximum Gasteiger partial charge on any atom is 0.187 e. The summed E-state index contributed by atoms with van der Waals surface area (Å²) in [5, 5.41) is 50.4. The Balaban J connectivity index is 1.69. The lowest BCUT2D eigenvalue weighted by molar-refractivity contribution is -0.328. The summed E-state index contributed by atoms with van der Waals surface area (Å²) in [5.41, 5.74) is 24.1. The summed E-state index contributed by atoms with van der Waals surface area (Å²) < 4.78 is 22.8. The highest BCUT2D eigenvalue weighted by Crippen LogP contribution is 2.30. The maximum atomic E-state index is 10.9. The first-order valence-electron chi connectivity index (χ1n) is 10.6. The van der Waals surface area contributed by atoms with E-state index in [0.717, 1.165) is 0 Å². The summed E-state index contributed by atoms with van der Waals surface area (Å²) >= 11 is 0. The number of aliphatic hydroxyl groups is 5. The van der Waals surface area contributed by atoms with Crippen LogP contribution in [0.4, 0.5) is 0 Å². The molecule has 0 aromatic rings. The molecular weight excluding hydrogens is 416 g/mol. The molecule has 0 aromatic carbocycles. The second-order valence-corrected chi connectivity index (χ2v) is 8.56. The van der Waals surface area contributed by atoms with Crippen molar-refractivity contribution in [1.82, 2.24) is 0 Å². The fourth-order valence-corrected chi connectivity index (χ4v) is 4.31. The molecule has 3 fully saturated rings. The zero-order valence-electron chi connectivity index (χ0n) is 17.2. The average Bonchev–Trinajstić information content (AvgIpc) is 2.75. The van der Waals surface area contributed by atoms with Crippen LogP contribution in [0.3, 0.4) is 0 Å². The van der Waals surface area contributed by atoms with Gasteiger partial charge in [0.25, 0.3) is 0 Å². The Labute approximate surface area is 180 Å². The van der Waals surface area contributed by atoms with Crippen molar-refractivity contribution >= 4 is 0 Å². The molecule has 0 aromatic heterocycles. The van der Waals surface area contributed by atoms with Crippen LogP contribution < -0.4 is 22.9 Å². The Morgan fingerprint density at radius 3 is 1.94 bits per heavy atom. The van der Waals surface area contributed by atoms with Gasteiger partial charge in [-0.25, -0.2) is 0 Å². The SMILES string of the molecule is NC[C@@H]1CC[C@@H](N)[C@@H](O[C@H]2[C@H](O)[C@@H](O[C@@H]3O[C@H](CO)[C@@H](O)[C@H](O)[C@H]3O)[C@H](N)C[C@@H]2N)O1. The van der Waals surface area contributed by atoms with Crippen molar-refractivity contribution < 1.29 is 44.5 Å². The van der Waals surface area contributed by atoms with Gasteiger partial charge < -0.3 is 67.4 Å². The van der Waals surface area contributed by atoms with Crippen molar-refractivity contribution in [1.29, 1.82) is 0 Å². The van der Waals surface area contributed by atoms with E-state index in [1.165, 1.54) is 0 Å². The van der Waals surface area contributed by atoms with Crippen molar-refractivity contribution in [3.63, 3.8) is 0 Å². The van der Waals surface area contributed by atoms with E-state index in [0.29, 0.717) is 19.4 Å². The average molecular weight is 453 g/mol. The molecule has 31 heavy (non-hydrogen) atoms. The van der Waals surface area contributed by atoms with Gasteiger partial charge >= 0.3 is 0 Å². The third kappa shape index (κ3) is 5.35. The van der Waals surface area contributed by atoms with Gasteiger partial charge in [-0.3, -0.25) is 0 Å². The molecule has 1 saturated carbocycles. The second-order valence-electron chi connectivity index (χ2n) is 8.56. The molecule has 13 N–H and O–H groups in total. The minimum atomic E-state index is -1.63. The van der Waals surface area contributed by atoms with E-state index in [2.05, 4.69) is 0 Å². The zero-order valence-corrected chi connectivity index (χ0v) is 17.2. The number of hydrogen-bond donors (Lipinski definition) is 9. The Morgan fingerprint density at radius 1 is 0.742 bits per heavy atom. The van der Waals surface area contributed by atoms with Crippen LogP contribution in [0.1, 0.15) is 19.3 Å². The van der Waals surface area contributed by atoms with E-state index < -0.39 is 80.0 Å². The van der Waals surface area contributed by atoms with Crippen LogP contribution in [0.2, 0.25) is 0 Å². The molecule has 0 bridgehead atoms. The molecule has 0 radical (unpaired) electrons. The second kappa shape index (κ2) is 10.6. The fourth-order valence-electron chi connectivity index (χ4n) is 4.31. The number of ether oxygens (including phenoxy) is 4. The molecule has 3 rings (SSSR count). The number of rotatable bonds is 6. The molecule has 2 heterocycles. The summed E-state index contributed by atoms with van der Waals surface area (Å²) in [6, 6.07) is -1.81. The molecule has 0 unspecified atom stereocenters. The maximum absolute atomic E-state index is 10.9. The molecule has 13 atom stereocenters. The third-order valence-corrected chi connectivity index (χ3v) is 6.25. The quantitative estimate of drug-likeness (QED) is 0.183. The van der Waals surface area contributed by atoms with Crippen molar-refractivity contribution in [2.24, 2.45) is 22.9 Å². The van der Waals surface area contributed by atoms with Gasteiger partial charge in [-0.05, 0) is 19.3 Å². The van der Waals surface area contributed by atoms with E-state index in [4.69, 9.17) is 41.9 Å². The smallest absolute Gasteiger partial charge is 0.187 e. The van der Waals surface area contributed by atoms with Gasteiger partial charge in [-0.1, -0.05) is 0 Å². The molecule has 2 aliphatic heterocycles. The minimum Gasteiger partial charge on any atom is -0.394 e. The van der Waals surface area contributed by atoms with Crippen LogP contribution >= 0.6 is 0 Å². The van der Waals surface area contributed by atoms with Crippen LogP contribution in [0.25, 0.3) is 0 Å². The highest BCUT2D eigenvalue weighted by Gasteiger charge is 2.50. The summed E-state index contributed by atoms with van der Waals surface area (Å²) in [7, 11) is 0. The normalized spacial score (nSPS) is 51.6. The van der Waals surface area contributed by atoms with E-state index in [1.54, 1.807) is 0 Å². The third-order valence-electron chi connectivity index (χ3n) is 6.25. The first kappa shape index (κ1) is 25.1. The summed E-state index contributed by atoms with van der Waals surface area (Å²) in [6.07, 6.45) is -10.3. The molecule has 182 valence electrons.